The van der Waals surface area contributed by atoms with Crippen LogP contribution in [-0.2, 0) is 10.0 Å². The normalized spacial score (nSPS) is 29.5. The van der Waals surface area contributed by atoms with Crippen LogP contribution < -0.4 is 0 Å². The second-order valence-corrected chi connectivity index (χ2v) is 7.38. The van der Waals surface area contributed by atoms with Crippen molar-refractivity contribution < 1.29 is 8.42 Å². The Balaban J connectivity index is 2.02. The molecule has 0 spiro atoms. The number of rotatable bonds is 2. The van der Waals surface area contributed by atoms with Gasteiger partial charge in [0.05, 0.1) is 6.26 Å². The van der Waals surface area contributed by atoms with Crippen LogP contribution in [-0.4, -0.2) is 80.1 Å². The second-order valence-electron chi connectivity index (χ2n) is 5.40. The van der Waals surface area contributed by atoms with Crippen LogP contribution in [0.25, 0.3) is 0 Å². The number of fused-ring (bicyclic) bond motifs is 1. The van der Waals surface area contributed by atoms with Gasteiger partial charge in [-0.2, -0.15) is 4.31 Å². The molecule has 1 unspecified atom stereocenters. The van der Waals surface area contributed by atoms with Crippen molar-refractivity contribution in [3.63, 3.8) is 0 Å². The molecule has 2 heterocycles. The van der Waals surface area contributed by atoms with Crippen LogP contribution in [0.4, 0.5) is 0 Å². The molecule has 2 aliphatic rings. The second kappa shape index (κ2) is 4.84. The Morgan fingerprint density at radius 3 is 2.29 bits per heavy atom. The van der Waals surface area contributed by atoms with Gasteiger partial charge in [-0.3, -0.25) is 9.80 Å². The highest BCUT2D eigenvalue weighted by atomic mass is 32.2. The Kier molecular flexibility index (Phi) is 3.77. The molecule has 1 atom stereocenters. The van der Waals surface area contributed by atoms with E-state index in [-0.39, 0.29) is 0 Å². The third-order valence-electron chi connectivity index (χ3n) is 3.89. The largest absolute Gasteiger partial charge is 0.298 e. The van der Waals surface area contributed by atoms with Crippen LogP contribution >= 0.6 is 0 Å². The van der Waals surface area contributed by atoms with Crippen LogP contribution in [0.3, 0.4) is 0 Å². The van der Waals surface area contributed by atoms with Crippen molar-refractivity contribution in [1.82, 2.24) is 14.1 Å². The topological polar surface area (TPSA) is 43.9 Å². The number of piperazine rings is 2. The van der Waals surface area contributed by atoms with Gasteiger partial charge >= 0.3 is 0 Å². The van der Waals surface area contributed by atoms with Gasteiger partial charge in [0.2, 0.25) is 10.0 Å². The molecule has 17 heavy (non-hydrogen) atoms. The maximum atomic E-state index is 11.6. The first-order valence-corrected chi connectivity index (χ1v) is 8.16. The van der Waals surface area contributed by atoms with E-state index in [0.29, 0.717) is 25.2 Å². The molecule has 0 aliphatic carbocycles. The molecule has 2 saturated heterocycles. The number of hydrogen-bond donors (Lipinski definition) is 0. The zero-order chi connectivity index (χ0) is 12.6. The molecule has 0 bridgehead atoms. The molecule has 0 aromatic rings. The summed E-state index contributed by atoms with van der Waals surface area (Å²) in [6.07, 6.45) is 1.31. The molecule has 0 radical (unpaired) electrons. The summed E-state index contributed by atoms with van der Waals surface area (Å²) >= 11 is 0. The quantitative estimate of drug-likeness (QED) is 0.682. The predicted octanol–water partition coefficient (Wildman–Crippen LogP) is -0.344. The molecule has 0 aromatic heterocycles. The fourth-order valence-electron chi connectivity index (χ4n) is 2.72. The summed E-state index contributed by atoms with van der Waals surface area (Å²) < 4.78 is 24.8. The van der Waals surface area contributed by atoms with Crippen molar-refractivity contribution in [2.45, 2.75) is 25.9 Å². The minimum absolute atomic E-state index is 0.370. The lowest BCUT2D eigenvalue weighted by Crippen LogP contribution is -2.63. The highest BCUT2D eigenvalue weighted by Gasteiger charge is 2.35. The monoisotopic (exact) mass is 261 g/mol. The van der Waals surface area contributed by atoms with Gasteiger partial charge in [0, 0.05) is 51.4 Å². The van der Waals surface area contributed by atoms with Gasteiger partial charge in [-0.25, -0.2) is 8.42 Å². The van der Waals surface area contributed by atoms with Crippen LogP contribution in [0.1, 0.15) is 13.8 Å². The summed E-state index contributed by atoms with van der Waals surface area (Å²) in [7, 11) is -3.03. The van der Waals surface area contributed by atoms with Gasteiger partial charge in [-0.05, 0) is 13.8 Å². The van der Waals surface area contributed by atoms with E-state index in [1.807, 2.05) is 0 Å². The summed E-state index contributed by atoms with van der Waals surface area (Å²) in [5.74, 6) is 0. The Hall–Kier alpha value is -0.170. The first kappa shape index (κ1) is 13.3. The van der Waals surface area contributed by atoms with Gasteiger partial charge in [0.1, 0.15) is 0 Å². The fraction of sp³-hybridized carbons (Fsp3) is 1.00. The minimum Gasteiger partial charge on any atom is -0.298 e. The third-order valence-corrected chi connectivity index (χ3v) is 5.16. The van der Waals surface area contributed by atoms with E-state index in [2.05, 4.69) is 23.6 Å². The molecule has 100 valence electrons. The average molecular weight is 261 g/mol. The van der Waals surface area contributed by atoms with E-state index in [1.165, 1.54) is 6.26 Å². The summed E-state index contributed by atoms with van der Waals surface area (Å²) in [6.45, 7) is 9.75. The molecular weight excluding hydrogens is 238 g/mol. The van der Waals surface area contributed by atoms with Crippen molar-refractivity contribution >= 4 is 10.0 Å². The molecule has 0 amide bonds. The summed E-state index contributed by atoms with van der Waals surface area (Å²) in [5, 5.41) is 0. The third kappa shape index (κ3) is 2.99. The zero-order valence-electron chi connectivity index (χ0n) is 11.0. The van der Waals surface area contributed by atoms with Crippen LogP contribution in [0.5, 0.6) is 0 Å². The van der Waals surface area contributed by atoms with Crippen molar-refractivity contribution in [2.24, 2.45) is 0 Å². The summed E-state index contributed by atoms with van der Waals surface area (Å²) in [5.41, 5.74) is 0. The van der Waals surface area contributed by atoms with E-state index >= 15 is 0 Å². The lowest BCUT2D eigenvalue weighted by atomic mass is 10.1. The SMILES string of the molecule is CC(C)N1CCN2CCN(S(C)(=O)=O)CC2C1. The Labute approximate surface area is 104 Å². The Morgan fingerprint density at radius 2 is 1.71 bits per heavy atom. The van der Waals surface area contributed by atoms with Crippen molar-refractivity contribution in [1.29, 1.82) is 0 Å². The summed E-state index contributed by atoms with van der Waals surface area (Å²) in [6, 6.07) is 0.917. The van der Waals surface area contributed by atoms with Crippen LogP contribution in [0.15, 0.2) is 0 Å². The van der Waals surface area contributed by atoms with Crippen molar-refractivity contribution in [3.05, 3.63) is 0 Å². The highest BCUT2D eigenvalue weighted by molar-refractivity contribution is 7.88. The lowest BCUT2D eigenvalue weighted by Gasteiger charge is -2.47. The van der Waals surface area contributed by atoms with Crippen molar-refractivity contribution in [2.75, 3.05) is 45.5 Å². The van der Waals surface area contributed by atoms with Gasteiger partial charge in [-0.15, -0.1) is 0 Å². The van der Waals surface area contributed by atoms with Gasteiger partial charge < -0.3 is 0 Å². The smallest absolute Gasteiger partial charge is 0.211 e. The number of hydrogen-bond acceptors (Lipinski definition) is 4. The van der Waals surface area contributed by atoms with E-state index < -0.39 is 10.0 Å². The first-order valence-electron chi connectivity index (χ1n) is 6.31. The molecule has 0 N–H and O–H groups in total. The molecule has 2 rings (SSSR count). The van der Waals surface area contributed by atoms with E-state index in [9.17, 15) is 8.42 Å². The molecular formula is C11H23N3O2S. The molecule has 0 saturated carbocycles. The fourth-order valence-corrected chi connectivity index (χ4v) is 3.58. The maximum absolute atomic E-state index is 11.6. The average Bonchev–Trinajstić information content (AvgIpc) is 2.26. The Bertz CT molecular complexity index is 369. The van der Waals surface area contributed by atoms with E-state index in [1.54, 1.807) is 4.31 Å². The van der Waals surface area contributed by atoms with Gasteiger partial charge in [0.15, 0.2) is 0 Å². The van der Waals surface area contributed by atoms with Gasteiger partial charge in [-0.1, -0.05) is 0 Å². The molecule has 5 nitrogen and oxygen atoms in total. The lowest BCUT2D eigenvalue weighted by molar-refractivity contribution is 0.0231. The van der Waals surface area contributed by atoms with Crippen LogP contribution in [0, 0.1) is 0 Å². The molecule has 2 aliphatic heterocycles. The van der Waals surface area contributed by atoms with Crippen molar-refractivity contribution in [3.8, 4) is 0 Å². The predicted molar refractivity (Wildman–Crippen MR) is 68.5 cm³/mol. The molecule has 2 fully saturated rings. The number of nitrogens with zero attached hydrogens (tertiary/aromatic N) is 3. The van der Waals surface area contributed by atoms with E-state index in [0.717, 1.165) is 26.2 Å². The highest BCUT2D eigenvalue weighted by Crippen LogP contribution is 2.18. The maximum Gasteiger partial charge on any atom is 0.211 e. The number of sulfonamides is 1. The summed E-state index contributed by atoms with van der Waals surface area (Å²) in [4.78, 5) is 4.87. The Morgan fingerprint density at radius 1 is 1.06 bits per heavy atom. The first-order chi connectivity index (χ1) is 7.88. The zero-order valence-corrected chi connectivity index (χ0v) is 11.8. The van der Waals surface area contributed by atoms with E-state index in [4.69, 9.17) is 0 Å². The minimum atomic E-state index is -3.03. The molecule has 6 heteroatoms. The molecule has 0 aromatic carbocycles. The standard InChI is InChI=1S/C11H23N3O2S/c1-10(2)13-5-4-12-6-7-14(17(3,15)16)9-11(12)8-13/h10-11H,4-9H2,1-3H3. The van der Waals surface area contributed by atoms with Crippen LogP contribution in [0.2, 0.25) is 0 Å². The van der Waals surface area contributed by atoms with Gasteiger partial charge in [0.25, 0.3) is 0 Å².